The maximum absolute atomic E-state index is 12.4. The van der Waals surface area contributed by atoms with Gasteiger partial charge in [-0.2, -0.15) is 21.6 Å². The summed E-state index contributed by atoms with van der Waals surface area (Å²) in [7, 11) is -5.86. The Morgan fingerprint density at radius 1 is 1.22 bits per heavy atom. The van der Waals surface area contributed by atoms with Gasteiger partial charge < -0.3 is 4.74 Å². The first kappa shape index (κ1) is 19.4. The van der Waals surface area contributed by atoms with Gasteiger partial charge in [0.15, 0.2) is 6.10 Å². The Kier molecular flexibility index (Phi) is 7.01. The summed E-state index contributed by atoms with van der Waals surface area (Å²) >= 11 is 0. The number of unbranched alkanes of at least 4 members (excludes halogenated alkanes) is 1. The molecule has 0 aliphatic carbocycles. The van der Waals surface area contributed by atoms with Crippen LogP contribution in [-0.4, -0.2) is 26.0 Å². The maximum atomic E-state index is 12.4. The molecule has 0 heterocycles. The van der Waals surface area contributed by atoms with Gasteiger partial charge in [-0.15, -0.1) is 0 Å². The van der Waals surface area contributed by atoms with E-state index in [1.54, 1.807) is 37.3 Å². The minimum absolute atomic E-state index is 0.181. The Bertz CT molecular complexity index is 599. The molecule has 0 aliphatic heterocycles. The van der Waals surface area contributed by atoms with Gasteiger partial charge in [-0.05, 0) is 12.0 Å². The first-order valence-corrected chi connectivity index (χ1v) is 8.28. The van der Waals surface area contributed by atoms with Crippen molar-refractivity contribution in [2.24, 2.45) is 0 Å². The summed E-state index contributed by atoms with van der Waals surface area (Å²) in [6, 6.07) is 8.45. The van der Waals surface area contributed by atoms with Crippen LogP contribution >= 0.6 is 0 Å². The molecule has 0 radical (unpaired) electrons. The average Bonchev–Trinajstić information content (AvgIpc) is 2.48. The van der Waals surface area contributed by atoms with Crippen LogP contribution in [0.4, 0.5) is 13.2 Å². The third kappa shape index (κ3) is 6.19. The quantitative estimate of drug-likeness (QED) is 0.407. The first-order chi connectivity index (χ1) is 10.7. The van der Waals surface area contributed by atoms with E-state index in [0.717, 1.165) is 0 Å². The van der Waals surface area contributed by atoms with Gasteiger partial charge in [0.2, 0.25) is 0 Å². The summed E-state index contributed by atoms with van der Waals surface area (Å²) in [6.45, 7) is 1.56. The maximum Gasteiger partial charge on any atom is 0.523 e. The van der Waals surface area contributed by atoms with Crippen LogP contribution in [-0.2, 0) is 30.4 Å². The molecule has 0 N–H and O–H groups in total. The fraction of sp³-hybridized carbons (Fsp3) is 0.500. The van der Waals surface area contributed by atoms with E-state index in [9.17, 15) is 26.4 Å². The van der Waals surface area contributed by atoms with Crippen LogP contribution in [0.5, 0.6) is 0 Å². The highest BCUT2D eigenvalue weighted by Gasteiger charge is 2.49. The van der Waals surface area contributed by atoms with Crippen molar-refractivity contribution in [1.82, 2.24) is 0 Å². The van der Waals surface area contributed by atoms with E-state index in [1.165, 1.54) is 0 Å². The van der Waals surface area contributed by atoms with Crippen LogP contribution < -0.4 is 0 Å². The number of hydrogen-bond acceptors (Lipinski definition) is 5. The first-order valence-electron chi connectivity index (χ1n) is 6.87. The van der Waals surface area contributed by atoms with E-state index in [2.05, 4.69) is 4.18 Å². The van der Waals surface area contributed by atoms with Crippen LogP contribution in [0.1, 0.15) is 31.7 Å². The summed E-state index contributed by atoms with van der Waals surface area (Å²) in [6.07, 6.45) is -1.12. The highest BCUT2D eigenvalue weighted by Crippen LogP contribution is 2.27. The number of alkyl halides is 3. The number of halogens is 3. The monoisotopic (exact) mass is 354 g/mol. The average molecular weight is 354 g/mol. The standard InChI is InChI=1S/C14H17F3O5S/c1-2-3-9-12(22-23(19,20)14(15,16)17)13(18)21-10-11-7-5-4-6-8-11/h4-8,12H,2-3,9-10H2,1H3. The molecule has 0 fully saturated rings. The van der Waals surface area contributed by atoms with Crippen molar-refractivity contribution in [3.63, 3.8) is 0 Å². The van der Waals surface area contributed by atoms with Crippen LogP contribution in [0, 0.1) is 0 Å². The fourth-order valence-electron chi connectivity index (χ4n) is 1.62. The van der Waals surface area contributed by atoms with Crippen molar-refractivity contribution in [2.75, 3.05) is 0 Å². The van der Waals surface area contributed by atoms with Gasteiger partial charge in [0.05, 0.1) is 0 Å². The Morgan fingerprint density at radius 3 is 2.35 bits per heavy atom. The number of benzene rings is 1. The minimum atomic E-state index is -5.86. The summed E-state index contributed by atoms with van der Waals surface area (Å²) < 4.78 is 68.1. The van der Waals surface area contributed by atoms with Crippen LogP contribution in [0.25, 0.3) is 0 Å². The molecular weight excluding hydrogens is 337 g/mol. The van der Waals surface area contributed by atoms with Gasteiger partial charge >= 0.3 is 21.6 Å². The third-order valence-electron chi connectivity index (χ3n) is 2.83. The van der Waals surface area contributed by atoms with E-state index in [1.807, 2.05) is 0 Å². The van der Waals surface area contributed by atoms with Gasteiger partial charge in [-0.3, -0.25) is 0 Å². The van der Waals surface area contributed by atoms with Gasteiger partial charge in [0, 0.05) is 0 Å². The Morgan fingerprint density at radius 2 is 1.83 bits per heavy atom. The number of ether oxygens (including phenoxy) is 1. The van der Waals surface area contributed by atoms with Crippen molar-refractivity contribution in [2.45, 2.75) is 44.4 Å². The molecule has 1 aromatic carbocycles. The lowest BCUT2D eigenvalue weighted by Crippen LogP contribution is -2.35. The molecule has 0 bridgehead atoms. The molecule has 9 heteroatoms. The molecule has 1 rings (SSSR count). The van der Waals surface area contributed by atoms with E-state index < -0.39 is 27.7 Å². The molecule has 1 atom stereocenters. The highest BCUT2D eigenvalue weighted by atomic mass is 32.2. The lowest BCUT2D eigenvalue weighted by atomic mass is 10.1. The zero-order valence-electron chi connectivity index (χ0n) is 12.4. The van der Waals surface area contributed by atoms with Crippen LogP contribution in [0.2, 0.25) is 0 Å². The summed E-state index contributed by atoms with van der Waals surface area (Å²) in [5.41, 5.74) is -4.97. The topological polar surface area (TPSA) is 69.7 Å². The number of carbonyl (C=O) groups excluding carboxylic acids is 1. The summed E-state index contributed by atoms with van der Waals surface area (Å²) in [5.74, 6) is -1.14. The molecule has 1 unspecified atom stereocenters. The zero-order chi connectivity index (χ0) is 17.5. The largest absolute Gasteiger partial charge is 0.523 e. The van der Waals surface area contributed by atoms with Crippen LogP contribution in [0.15, 0.2) is 30.3 Å². The van der Waals surface area contributed by atoms with Crippen molar-refractivity contribution in [1.29, 1.82) is 0 Å². The SMILES string of the molecule is CCCCC(OS(=O)(=O)C(F)(F)F)C(=O)OCc1ccccc1. The Balaban J connectivity index is 2.74. The fourth-order valence-corrected chi connectivity index (χ4v) is 2.21. The van der Waals surface area contributed by atoms with Gasteiger partial charge in [-0.25, -0.2) is 8.98 Å². The zero-order valence-corrected chi connectivity index (χ0v) is 13.2. The second-order valence-corrected chi connectivity index (χ2v) is 6.28. The van der Waals surface area contributed by atoms with Crippen LogP contribution in [0.3, 0.4) is 0 Å². The van der Waals surface area contributed by atoms with Crippen molar-refractivity contribution in [3.05, 3.63) is 35.9 Å². The van der Waals surface area contributed by atoms with Crippen molar-refractivity contribution in [3.8, 4) is 0 Å². The van der Waals surface area contributed by atoms with Crippen molar-refractivity contribution < 1.29 is 35.3 Å². The Labute approximate surface area is 132 Å². The third-order valence-corrected chi connectivity index (χ3v) is 3.89. The molecule has 130 valence electrons. The summed E-state index contributed by atoms with van der Waals surface area (Å²) in [5, 5.41) is 0. The molecule has 0 spiro atoms. The lowest BCUT2D eigenvalue weighted by Gasteiger charge is -2.17. The molecule has 1 aromatic rings. The molecule has 0 saturated heterocycles. The van der Waals surface area contributed by atoms with Crippen molar-refractivity contribution >= 4 is 16.1 Å². The number of hydrogen-bond donors (Lipinski definition) is 0. The molecule has 23 heavy (non-hydrogen) atoms. The van der Waals surface area contributed by atoms with E-state index in [4.69, 9.17) is 4.74 Å². The number of carbonyl (C=O) groups is 1. The normalized spacial score (nSPS) is 13.6. The second-order valence-electron chi connectivity index (χ2n) is 4.72. The number of esters is 1. The van der Waals surface area contributed by atoms with Gasteiger partial charge in [0.1, 0.15) is 6.61 Å². The smallest absolute Gasteiger partial charge is 0.459 e. The van der Waals surface area contributed by atoms with E-state index in [-0.39, 0.29) is 13.0 Å². The molecule has 0 aliphatic rings. The highest BCUT2D eigenvalue weighted by molar-refractivity contribution is 7.87. The summed E-state index contributed by atoms with van der Waals surface area (Å²) in [4.78, 5) is 11.8. The minimum Gasteiger partial charge on any atom is -0.459 e. The van der Waals surface area contributed by atoms with Gasteiger partial charge in [0.25, 0.3) is 0 Å². The number of rotatable bonds is 8. The second kappa shape index (κ2) is 8.30. The van der Waals surface area contributed by atoms with E-state index in [0.29, 0.717) is 18.4 Å². The molecule has 0 saturated carbocycles. The lowest BCUT2D eigenvalue weighted by molar-refractivity contribution is -0.154. The molecule has 0 amide bonds. The van der Waals surface area contributed by atoms with E-state index >= 15 is 0 Å². The Hall–Kier alpha value is -1.61. The predicted octanol–water partition coefficient (Wildman–Crippen LogP) is 3.15. The molecule has 5 nitrogen and oxygen atoms in total. The predicted molar refractivity (Wildman–Crippen MR) is 75.6 cm³/mol. The molecule has 0 aromatic heterocycles. The molecular formula is C14H17F3O5S. The van der Waals surface area contributed by atoms with Gasteiger partial charge in [-0.1, -0.05) is 50.1 Å².